The van der Waals surface area contributed by atoms with Crippen LogP contribution < -0.4 is 0 Å². The molecule has 0 saturated heterocycles. The topological polar surface area (TPSA) is 30.2 Å². The third-order valence-electron chi connectivity index (χ3n) is 3.81. The standard InChI is InChI=1S/C16H13N3/c1-10-11(2)18-19-14-8-5-9-17-15(14)12-6-3-4-7-13(12)16(10)19/h3-9H,1-2H3. The molecule has 0 aliphatic rings. The predicted molar refractivity (Wildman–Crippen MR) is 77.5 cm³/mol. The van der Waals surface area contributed by atoms with Crippen molar-refractivity contribution >= 4 is 27.3 Å². The van der Waals surface area contributed by atoms with Crippen molar-refractivity contribution in [1.82, 2.24) is 14.6 Å². The molecule has 1 aromatic carbocycles. The van der Waals surface area contributed by atoms with Gasteiger partial charge in [0.2, 0.25) is 0 Å². The molecule has 0 bridgehead atoms. The smallest absolute Gasteiger partial charge is 0.0966 e. The SMILES string of the molecule is Cc1nn2c3cccnc3c3ccccc3c2c1C. The van der Waals surface area contributed by atoms with Gasteiger partial charge in [0.15, 0.2) is 0 Å². The van der Waals surface area contributed by atoms with E-state index in [0.29, 0.717) is 0 Å². The number of fused-ring (bicyclic) bond motifs is 6. The lowest BCUT2D eigenvalue weighted by molar-refractivity contribution is 0.971. The number of hydrogen-bond donors (Lipinski definition) is 0. The minimum absolute atomic E-state index is 1.01. The van der Waals surface area contributed by atoms with Gasteiger partial charge in [-0.05, 0) is 31.5 Å². The summed E-state index contributed by atoms with van der Waals surface area (Å²) < 4.78 is 2.02. The van der Waals surface area contributed by atoms with Crippen molar-refractivity contribution in [2.75, 3.05) is 0 Å². The fourth-order valence-corrected chi connectivity index (χ4v) is 2.77. The van der Waals surface area contributed by atoms with Crippen LogP contribution in [0.3, 0.4) is 0 Å². The van der Waals surface area contributed by atoms with E-state index in [-0.39, 0.29) is 0 Å². The van der Waals surface area contributed by atoms with Gasteiger partial charge >= 0.3 is 0 Å². The van der Waals surface area contributed by atoms with Crippen LogP contribution in [0.5, 0.6) is 0 Å². The van der Waals surface area contributed by atoms with E-state index in [1.165, 1.54) is 21.9 Å². The quantitative estimate of drug-likeness (QED) is 0.444. The second-order valence-electron chi connectivity index (χ2n) is 4.89. The van der Waals surface area contributed by atoms with Crippen molar-refractivity contribution in [2.45, 2.75) is 13.8 Å². The predicted octanol–water partition coefficient (Wildman–Crippen LogP) is 3.65. The number of nitrogens with zero attached hydrogens (tertiary/aromatic N) is 3. The Bertz CT molecular complexity index is 935. The van der Waals surface area contributed by atoms with Crippen LogP contribution >= 0.6 is 0 Å². The van der Waals surface area contributed by atoms with Gasteiger partial charge in [0.05, 0.1) is 22.2 Å². The van der Waals surface area contributed by atoms with Crippen LogP contribution in [0.2, 0.25) is 0 Å². The molecule has 0 radical (unpaired) electrons. The first-order valence-electron chi connectivity index (χ1n) is 6.39. The zero-order valence-corrected chi connectivity index (χ0v) is 10.9. The van der Waals surface area contributed by atoms with E-state index < -0.39 is 0 Å². The van der Waals surface area contributed by atoms with Gasteiger partial charge in [0.1, 0.15) is 0 Å². The molecule has 3 nitrogen and oxygen atoms in total. The number of pyridine rings is 2. The summed E-state index contributed by atoms with van der Waals surface area (Å²) in [5.74, 6) is 0. The Kier molecular flexibility index (Phi) is 1.96. The van der Waals surface area contributed by atoms with E-state index in [1.807, 2.05) is 16.8 Å². The molecule has 0 saturated carbocycles. The maximum absolute atomic E-state index is 4.67. The number of aryl methyl sites for hydroxylation is 2. The van der Waals surface area contributed by atoms with Gasteiger partial charge < -0.3 is 0 Å². The zero-order chi connectivity index (χ0) is 13.0. The summed E-state index contributed by atoms with van der Waals surface area (Å²) in [6.45, 7) is 4.19. The third-order valence-corrected chi connectivity index (χ3v) is 3.81. The highest BCUT2D eigenvalue weighted by Gasteiger charge is 2.13. The first-order valence-corrected chi connectivity index (χ1v) is 6.39. The van der Waals surface area contributed by atoms with Gasteiger partial charge in [0, 0.05) is 17.0 Å². The van der Waals surface area contributed by atoms with Crippen molar-refractivity contribution in [3.05, 3.63) is 53.9 Å². The number of rotatable bonds is 0. The molecule has 0 atom stereocenters. The van der Waals surface area contributed by atoms with Gasteiger partial charge in [-0.25, -0.2) is 4.52 Å². The molecular weight excluding hydrogens is 234 g/mol. The fourth-order valence-electron chi connectivity index (χ4n) is 2.77. The summed E-state index contributed by atoms with van der Waals surface area (Å²) in [4.78, 5) is 4.54. The van der Waals surface area contributed by atoms with Crippen LogP contribution in [-0.4, -0.2) is 14.6 Å². The summed E-state index contributed by atoms with van der Waals surface area (Å²) >= 11 is 0. The minimum Gasteiger partial charge on any atom is -0.254 e. The molecule has 0 N–H and O–H groups in total. The van der Waals surface area contributed by atoms with Crippen molar-refractivity contribution in [2.24, 2.45) is 0 Å². The molecule has 3 heteroatoms. The van der Waals surface area contributed by atoms with Crippen LogP contribution in [0.4, 0.5) is 0 Å². The minimum atomic E-state index is 1.01. The van der Waals surface area contributed by atoms with Crippen LogP contribution in [0.15, 0.2) is 42.6 Å². The molecule has 3 heterocycles. The van der Waals surface area contributed by atoms with Gasteiger partial charge in [-0.15, -0.1) is 0 Å². The second kappa shape index (κ2) is 3.54. The van der Waals surface area contributed by atoms with Crippen LogP contribution in [0, 0.1) is 13.8 Å². The fraction of sp³-hybridized carbons (Fsp3) is 0.125. The highest BCUT2D eigenvalue weighted by Crippen LogP contribution is 2.30. The number of aromatic nitrogens is 3. The first-order chi connectivity index (χ1) is 9.27. The monoisotopic (exact) mass is 247 g/mol. The van der Waals surface area contributed by atoms with Crippen LogP contribution in [0.1, 0.15) is 11.3 Å². The number of hydrogen-bond acceptors (Lipinski definition) is 2. The Morgan fingerprint density at radius 3 is 2.58 bits per heavy atom. The van der Waals surface area contributed by atoms with Crippen molar-refractivity contribution in [3.63, 3.8) is 0 Å². The normalized spacial score (nSPS) is 11.7. The largest absolute Gasteiger partial charge is 0.254 e. The Morgan fingerprint density at radius 1 is 0.947 bits per heavy atom. The molecule has 92 valence electrons. The average molecular weight is 247 g/mol. The van der Waals surface area contributed by atoms with E-state index >= 15 is 0 Å². The molecule has 0 unspecified atom stereocenters. The molecule has 0 aliphatic carbocycles. The maximum Gasteiger partial charge on any atom is 0.0966 e. The van der Waals surface area contributed by atoms with E-state index in [2.05, 4.69) is 54.3 Å². The molecule has 0 aliphatic heterocycles. The van der Waals surface area contributed by atoms with E-state index in [4.69, 9.17) is 0 Å². The molecule has 19 heavy (non-hydrogen) atoms. The average Bonchev–Trinajstić information content (AvgIpc) is 2.76. The van der Waals surface area contributed by atoms with E-state index in [1.54, 1.807) is 0 Å². The Hall–Kier alpha value is -2.42. The van der Waals surface area contributed by atoms with E-state index in [9.17, 15) is 0 Å². The van der Waals surface area contributed by atoms with Crippen molar-refractivity contribution in [3.8, 4) is 0 Å². The third kappa shape index (κ3) is 1.27. The maximum atomic E-state index is 4.67. The van der Waals surface area contributed by atoms with Gasteiger partial charge in [-0.2, -0.15) is 5.10 Å². The summed E-state index contributed by atoms with van der Waals surface area (Å²) in [5, 5.41) is 7.07. The van der Waals surface area contributed by atoms with Gasteiger partial charge in [0.25, 0.3) is 0 Å². The lowest BCUT2D eigenvalue weighted by Crippen LogP contribution is -1.94. The highest BCUT2D eigenvalue weighted by molar-refractivity contribution is 6.11. The summed E-state index contributed by atoms with van der Waals surface area (Å²) in [6, 6.07) is 12.4. The Labute approximate surface area is 110 Å². The molecule has 4 rings (SSSR count). The molecule has 0 spiro atoms. The molecular formula is C16H13N3. The summed E-state index contributed by atoms with van der Waals surface area (Å²) in [5.41, 5.74) is 5.57. The highest BCUT2D eigenvalue weighted by atomic mass is 15.2. The van der Waals surface area contributed by atoms with E-state index in [0.717, 1.165) is 16.7 Å². The van der Waals surface area contributed by atoms with Crippen molar-refractivity contribution < 1.29 is 0 Å². The van der Waals surface area contributed by atoms with Crippen LogP contribution in [0.25, 0.3) is 27.3 Å². The summed E-state index contributed by atoms with van der Waals surface area (Å²) in [7, 11) is 0. The molecule has 4 aromatic rings. The Morgan fingerprint density at radius 2 is 1.74 bits per heavy atom. The van der Waals surface area contributed by atoms with Crippen LogP contribution in [-0.2, 0) is 0 Å². The van der Waals surface area contributed by atoms with Crippen molar-refractivity contribution in [1.29, 1.82) is 0 Å². The molecule has 0 fully saturated rings. The Balaban J connectivity index is 2.47. The van der Waals surface area contributed by atoms with Gasteiger partial charge in [-0.3, -0.25) is 4.98 Å². The molecule has 3 aromatic heterocycles. The molecule has 0 amide bonds. The first kappa shape index (κ1) is 10.5. The van der Waals surface area contributed by atoms with Gasteiger partial charge in [-0.1, -0.05) is 24.3 Å². The lowest BCUT2D eigenvalue weighted by atomic mass is 10.1. The lowest BCUT2D eigenvalue weighted by Gasteiger charge is -2.07. The number of benzene rings is 1. The summed E-state index contributed by atoms with van der Waals surface area (Å²) in [6.07, 6.45) is 1.84. The zero-order valence-electron chi connectivity index (χ0n) is 10.9. The second-order valence-corrected chi connectivity index (χ2v) is 4.89.